The molecule has 120 valence electrons. The minimum absolute atomic E-state index is 0.674. The first-order valence-electron chi connectivity index (χ1n) is 6.26. The predicted molar refractivity (Wildman–Crippen MR) is 73.1 cm³/mol. The van der Waals surface area contributed by atoms with Gasteiger partial charge in [-0.15, -0.1) is 0 Å². The number of hydrogen-bond donors (Lipinski definition) is 3. The number of rotatable bonds is 2. The van der Waals surface area contributed by atoms with Gasteiger partial charge in [0.15, 0.2) is 11.1 Å². The van der Waals surface area contributed by atoms with Crippen molar-refractivity contribution in [2.24, 2.45) is 0 Å². The first-order valence-corrected chi connectivity index (χ1v) is 6.63. The van der Waals surface area contributed by atoms with Crippen LogP contribution in [0.4, 0.5) is 4.39 Å². The highest BCUT2D eigenvalue weighted by Gasteiger charge is 2.57. The Bertz CT molecular complexity index is 724. The van der Waals surface area contributed by atoms with Gasteiger partial charge in [0.05, 0.1) is 6.10 Å². The second-order valence-electron chi connectivity index (χ2n) is 4.73. The van der Waals surface area contributed by atoms with Crippen LogP contribution in [0.15, 0.2) is 15.8 Å². The van der Waals surface area contributed by atoms with Gasteiger partial charge in [-0.1, -0.05) is 23.4 Å². The van der Waals surface area contributed by atoms with E-state index < -0.39 is 47.3 Å². The predicted octanol–water partition coefficient (Wildman–Crippen LogP) is -1.48. The van der Waals surface area contributed by atoms with Gasteiger partial charge in [-0.05, 0) is 6.92 Å². The van der Waals surface area contributed by atoms with Crippen molar-refractivity contribution in [1.29, 1.82) is 0 Å². The second kappa shape index (κ2) is 6.18. The summed E-state index contributed by atoms with van der Waals surface area (Å²) in [6, 6.07) is 0. The van der Waals surface area contributed by atoms with Gasteiger partial charge in [0.2, 0.25) is 0 Å². The molecule has 3 N–H and O–H groups in total. The van der Waals surface area contributed by atoms with Gasteiger partial charge in [0.1, 0.15) is 25.1 Å². The monoisotopic (exact) mass is 333 g/mol. The Kier molecular flexibility index (Phi) is 4.67. The van der Waals surface area contributed by atoms with Crippen LogP contribution < -0.4 is 11.2 Å². The molecule has 1 aliphatic heterocycles. The number of aliphatic hydroxyl groups is 2. The lowest BCUT2D eigenvalue weighted by atomic mass is 9.97. The highest BCUT2D eigenvalue weighted by Crippen LogP contribution is 2.43. The first-order chi connectivity index (χ1) is 10.3. The van der Waals surface area contributed by atoms with E-state index in [1.165, 1.54) is 6.92 Å². The molecule has 0 spiro atoms. The fraction of sp³-hybridized carbons (Fsp3) is 0.583. The fourth-order valence-electron chi connectivity index (χ4n) is 2.15. The van der Waals surface area contributed by atoms with E-state index in [0.29, 0.717) is 4.68 Å². The van der Waals surface area contributed by atoms with E-state index in [1.54, 1.807) is 0 Å². The summed E-state index contributed by atoms with van der Waals surface area (Å²) in [5, 5.41) is 23.4. The van der Waals surface area contributed by atoms with Crippen LogP contribution in [0.25, 0.3) is 0 Å². The first kappa shape index (κ1) is 16.6. The van der Waals surface area contributed by atoms with E-state index in [-0.39, 0.29) is 0 Å². The van der Waals surface area contributed by atoms with Crippen LogP contribution in [0.5, 0.6) is 0 Å². The van der Waals surface area contributed by atoms with Crippen molar-refractivity contribution < 1.29 is 19.3 Å². The zero-order chi connectivity index (χ0) is 16.5. The molecule has 0 bridgehead atoms. The Hall–Kier alpha value is -1.73. The molecule has 1 aromatic rings. The molecule has 1 fully saturated rings. The SMILES string of the molecule is C[C@@H](O)[C@H]1O[C@@H](n2ncc(=O)[nH]c2=O)C(Cl)(C#CCF)[C@H]1O. The van der Waals surface area contributed by atoms with Gasteiger partial charge in [-0.2, -0.15) is 9.78 Å². The topological polar surface area (TPSA) is 117 Å². The zero-order valence-corrected chi connectivity index (χ0v) is 12.1. The minimum atomic E-state index is -1.91. The Balaban J connectivity index is 2.55. The zero-order valence-electron chi connectivity index (χ0n) is 11.4. The Morgan fingerprint density at radius 3 is 2.91 bits per heavy atom. The number of halogens is 2. The summed E-state index contributed by atoms with van der Waals surface area (Å²) < 4.78 is 18.4. The van der Waals surface area contributed by atoms with Crippen LogP contribution in [-0.4, -0.2) is 54.8 Å². The molecule has 1 unspecified atom stereocenters. The van der Waals surface area contributed by atoms with Crippen LogP contribution in [0.3, 0.4) is 0 Å². The average molecular weight is 334 g/mol. The van der Waals surface area contributed by atoms with Crippen molar-refractivity contribution in [3.05, 3.63) is 27.0 Å². The molecular formula is C12H13ClFN3O5. The lowest BCUT2D eigenvalue weighted by Gasteiger charge is -2.24. The van der Waals surface area contributed by atoms with Crippen LogP contribution >= 0.6 is 11.6 Å². The van der Waals surface area contributed by atoms with Crippen LogP contribution in [-0.2, 0) is 4.74 Å². The molecule has 5 atom stereocenters. The van der Waals surface area contributed by atoms with E-state index in [1.807, 2.05) is 4.98 Å². The summed E-state index contributed by atoms with van der Waals surface area (Å²) in [6.45, 7) is 0.320. The van der Waals surface area contributed by atoms with Gasteiger partial charge < -0.3 is 14.9 Å². The Morgan fingerprint density at radius 1 is 1.68 bits per heavy atom. The number of hydrogen-bond acceptors (Lipinski definition) is 6. The number of aromatic amines is 1. The van der Waals surface area contributed by atoms with Crippen molar-refractivity contribution in [3.8, 4) is 11.8 Å². The normalized spacial score (nSPS) is 32.3. The van der Waals surface area contributed by atoms with E-state index in [4.69, 9.17) is 16.3 Å². The molecule has 22 heavy (non-hydrogen) atoms. The fourth-order valence-corrected chi connectivity index (χ4v) is 2.49. The van der Waals surface area contributed by atoms with Crippen LogP contribution in [0.2, 0.25) is 0 Å². The number of H-pyrrole nitrogens is 1. The van der Waals surface area contributed by atoms with Crippen LogP contribution in [0.1, 0.15) is 13.2 Å². The molecule has 2 rings (SSSR count). The summed E-state index contributed by atoms with van der Waals surface area (Å²) in [6.07, 6.45) is -4.43. The van der Waals surface area contributed by atoms with Crippen molar-refractivity contribution in [3.63, 3.8) is 0 Å². The molecule has 10 heteroatoms. The number of nitrogens with one attached hydrogen (secondary N) is 1. The van der Waals surface area contributed by atoms with Gasteiger partial charge in [0.25, 0.3) is 5.56 Å². The smallest absolute Gasteiger partial charge is 0.347 e. The average Bonchev–Trinajstić information content (AvgIpc) is 2.70. The number of aliphatic hydroxyl groups excluding tert-OH is 2. The van der Waals surface area contributed by atoms with E-state index >= 15 is 0 Å². The van der Waals surface area contributed by atoms with Crippen molar-refractivity contribution >= 4 is 11.6 Å². The maximum Gasteiger partial charge on any atom is 0.347 e. The highest BCUT2D eigenvalue weighted by molar-refractivity contribution is 6.27. The van der Waals surface area contributed by atoms with Crippen molar-refractivity contribution in [2.75, 3.05) is 6.67 Å². The number of ether oxygens (including phenoxy) is 1. The third-order valence-electron chi connectivity index (χ3n) is 3.17. The molecule has 1 aliphatic rings. The number of aromatic nitrogens is 3. The summed E-state index contributed by atoms with van der Waals surface area (Å²) in [4.78, 5) is 22.9. The molecule has 0 saturated carbocycles. The molecular weight excluding hydrogens is 321 g/mol. The van der Waals surface area contributed by atoms with E-state index in [9.17, 15) is 24.2 Å². The molecule has 0 radical (unpaired) electrons. The largest absolute Gasteiger partial charge is 0.391 e. The highest BCUT2D eigenvalue weighted by atomic mass is 35.5. The van der Waals surface area contributed by atoms with Gasteiger partial charge in [0, 0.05) is 0 Å². The summed E-state index contributed by atoms with van der Waals surface area (Å²) >= 11 is 6.23. The van der Waals surface area contributed by atoms with Gasteiger partial charge in [-0.3, -0.25) is 9.78 Å². The van der Waals surface area contributed by atoms with E-state index in [2.05, 4.69) is 16.9 Å². The Morgan fingerprint density at radius 2 is 2.36 bits per heavy atom. The second-order valence-corrected chi connectivity index (χ2v) is 5.35. The number of alkyl halides is 2. The summed E-state index contributed by atoms with van der Waals surface area (Å²) in [5.41, 5.74) is -1.68. The molecule has 8 nitrogen and oxygen atoms in total. The summed E-state index contributed by atoms with van der Waals surface area (Å²) in [7, 11) is 0. The summed E-state index contributed by atoms with van der Waals surface area (Å²) in [5.74, 6) is 4.36. The van der Waals surface area contributed by atoms with Crippen molar-refractivity contribution in [2.45, 2.75) is 36.3 Å². The molecule has 0 aliphatic carbocycles. The maximum atomic E-state index is 12.3. The molecule has 0 aromatic carbocycles. The van der Waals surface area contributed by atoms with Crippen LogP contribution in [0, 0.1) is 11.8 Å². The van der Waals surface area contributed by atoms with Crippen molar-refractivity contribution in [1.82, 2.24) is 14.8 Å². The van der Waals surface area contributed by atoms with Gasteiger partial charge in [-0.25, -0.2) is 9.18 Å². The van der Waals surface area contributed by atoms with Gasteiger partial charge >= 0.3 is 5.69 Å². The lowest BCUT2D eigenvalue weighted by Crippen LogP contribution is -2.46. The molecule has 2 heterocycles. The maximum absolute atomic E-state index is 12.3. The third-order valence-corrected chi connectivity index (χ3v) is 3.67. The lowest BCUT2D eigenvalue weighted by molar-refractivity contribution is -0.0810. The molecule has 0 amide bonds. The van der Waals surface area contributed by atoms with E-state index in [0.717, 1.165) is 6.20 Å². The molecule has 1 saturated heterocycles. The standard InChI is InChI=1S/C12H13ClFN3O5/c1-6(18)8-9(20)12(13,3-2-4-14)10(22-8)17-11(21)16-7(19)5-15-17/h5-6,8-10,18,20H,4H2,1H3,(H,16,19,21)/t6-,8-,9+,10-,12?/m1/s1. The molecule has 1 aromatic heterocycles. The minimum Gasteiger partial charge on any atom is -0.391 e. The quantitative estimate of drug-likeness (QED) is 0.449. The number of nitrogens with zero attached hydrogens (tertiary/aromatic N) is 2. The third kappa shape index (κ3) is 2.78. The Labute approximate surface area is 128 Å².